The summed E-state index contributed by atoms with van der Waals surface area (Å²) in [6.07, 6.45) is 0.755. The minimum absolute atomic E-state index is 0.0582. The molecule has 1 heterocycles. The van der Waals surface area contributed by atoms with E-state index in [1.54, 1.807) is 11.0 Å². The molecule has 2 aromatic carbocycles. The third-order valence-electron chi connectivity index (χ3n) is 4.24. The van der Waals surface area contributed by atoms with Gasteiger partial charge in [-0.25, -0.2) is 4.39 Å². The van der Waals surface area contributed by atoms with Crippen molar-refractivity contribution in [1.29, 1.82) is 0 Å². The fourth-order valence-corrected chi connectivity index (χ4v) is 3.45. The van der Waals surface area contributed by atoms with Gasteiger partial charge in [0.25, 0.3) is 0 Å². The van der Waals surface area contributed by atoms with E-state index in [2.05, 4.69) is 21.2 Å². The van der Waals surface area contributed by atoms with Crippen LogP contribution in [-0.2, 0) is 16.0 Å². The maximum atomic E-state index is 13.1. The number of anilines is 1. The van der Waals surface area contributed by atoms with Gasteiger partial charge in [0.2, 0.25) is 11.8 Å². The van der Waals surface area contributed by atoms with Crippen LogP contribution in [-0.4, -0.2) is 24.9 Å². The highest BCUT2D eigenvalue weighted by Crippen LogP contribution is 2.31. The van der Waals surface area contributed by atoms with Gasteiger partial charge in [0, 0.05) is 24.0 Å². The Morgan fingerprint density at radius 3 is 2.80 bits per heavy atom. The highest BCUT2D eigenvalue weighted by molar-refractivity contribution is 9.10. The van der Waals surface area contributed by atoms with Crippen molar-refractivity contribution in [3.05, 3.63) is 64.4 Å². The van der Waals surface area contributed by atoms with E-state index in [1.807, 2.05) is 30.3 Å². The Morgan fingerprint density at radius 1 is 1.24 bits per heavy atom. The van der Waals surface area contributed by atoms with Crippen LogP contribution < -0.4 is 10.2 Å². The molecule has 0 spiro atoms. The lowest BCUT2D eigenvalue weighted by Gasteiger charge is -2.18. The minimum Gasteiger partial charge on any atom is -0.355 e. The third kappa shape index (κ3) is 4.25. The summed E-state index contributed by atoms with van der Waals surface area (Å²) in [5.74, 6) is -0.849. The first-order valence-electron chi connectivity index (χ1n) is 8.11. The molecule has 0 bridgehead atoms. The van der Waals surface area contributed by atoms with Crippen LogP contribution in [0.2, 0.25) is 0 Å². The number of para-hydroxylation sites is 1. The zero-order chi connectivity index (χ0) is 17.8. The molecule has 0 aliphatic carbocycles. The topological polar surface area (TPSA) is 49.4 Å². The molecular formula is C19H18BrFN2O2. The fraction of sp³-hybridized carbons (Fsp3) is 0.263. The summed E-state index contributed by atoms with van der Waals surface area (Å²) in [6, 6.07) is 13.8. The molecule has 0 aromatic heterocycles. The fourth-order valence-electron chi connectivity index (χ4n) is 2.95. The smallest absolute Gasteiger partial charge is 0.227 e. The van der Waals surface area contributed by atoms with Gasteiger partial charge < -0.3 is 10.2 Å². The van der Waals surface area contributed by atoms with E-state index >= 15 is 0 Å². The molecule has 3 rings (SSSR count). The Morgan fingerprint density at radius 2 is 2.04 bits per heavy atom. The number of carbonyl (C=O) groups excluding carboxylic acids is 2. The maximum absolute atomic E-state index is 13.1. The molecule has 1 aliphatic heterocycles. The van der Waals surface area contributed by atoms with E-state index in [1.165, 1.54) is 12.1 Å². The largest absolute Gasteiger partial charge is 0.355 e. The average molecular weight is 405 g/mol. The first kappa shape index (κ1) is 17.6. The lowest BCUT2D eigenvalue weighted by molar-refractivity contribution is -0.126. The van der Waals surface area contributed by atoms with Gasteiger partial charge in [-0.15, -0.1) is 0 Å². The summed E-state index contributed by atoms with van der Waals surface area (Å²) in [5, 5.41) is 2.85. The Bertz CT molecular complexity index is 796. The van der Waals surface area contributed by atoms with Crippen LogP contribution in [0.25, 0.3) is 0 Å². The van der Waals surface area contributed by atoms with Crippen molar-refractivity contribution in [3.63, 3.8) is 0 Å². The SMILES string of the molecule is O=C(NCCc1cccc(F)c1)C1CC(=O)N(c2ccccc2Br)C1. The molecule has 1 unspecified atom stereocenters. The highest BCUT2D eigenvalue weighted by atomic mass is 79.9. The number of rotatable bonds is 5. The molecule has 130 valence electrons. The number of hydrogen-bond acceptors (Lipinski definition) is 2. The lowest BCUT2D eigenvalue weighted by atomic mass is 10.1. The summed E-state index contributed by atoms with van der Waals surface area (Å²) in [4.78, 5) is 26.2. The Hall–Kier alpha value is -2.21. The highest BCUT2D eigenvalue weighted by Gasteiger charge is 2.35. The first-order chi connectivity index (χ1) is 12.0. The van der Waals surface area contributed by atoms with Crippen molar-refractivity contribution in [1.82, 2.24) is 5.32 Å². The van der Waals surface area contributed by atoms with Crippen LogP contribution in [0.3, 0.4) is 0 Å². The zero-order valence-corrected chi connectivity index (χ0v) is 15.1. The molecule has 6 heteroatoms. The van der Waals surface area contributed by atoms with Crippen molar-refractivity contribution in [2.45, 2.75) is 12.8 Å². The molecule has 1 fully saturated rings. The molecule has 1 N–H and O–H groups in total. The third-order valence-corrected chi connectivity index (χ3v) is 4.91. The van der Waals surface area contributed by atoms with Gasteiger partial charge in [-0.2, -0.15) is 0 Å². The van der Waals surface area contributed by atoms with E-state index in [-0.39, 0.29) is 30.0 Å². The van der Waals surface area contributed by atoms with E-state index in [9.17, 15) is 14.0 Å². The number of carbonyl (C=O) groups is 2. The molecule has 1 saturated heterocycles. The zero-order valence-electron chi connectivity index (χ0n) is 13.5. The van der Waals surface area contributed by atoms with Crippen LogP contribution in [0.1, 0.15) is 12.0 Å². The van der Waals surface area contributed by atoms with E-state index in [4.69, 9.17) is 0 Å². The van der Waals surface area contributed by atoms with Crippen molar-refractivity contribution in [3.8, 4) is 0 Å². The summed E-state index contributed by atoms with van der Waals surface area (Å²) in [6.45, 7) is 0.787. The number of amides is 2. The lowest BCUT2D eigenvalue weighted by Crippen LogP contribution is -2.34. The molecular weight excluding hydrogens is 387 g/mol. The Labute approximate surface area is 154 Å². The van der Waals surface area contributed by atoms with Gasteiger partial charge in [0.05, 0.1) is 11.6 Å². The summed E-state index contributed by atoms with van der Waals surface area (Å²) in [7, 11) is 0. The van der Waals surface area contributed by atoms with Crippen LogP contribution in [0, 0.1) is 11.7 Å². The second-order valence-electron chi connectivity index (χ2n) is 6.03. The standard InChI is InChI=1S/C19H18BrFN2O2/c20-16-6-1-2-7-17(16)23-12-14(11-18(23)24)19(25)22-9-8-13-4-3-5-15(21)10-13/h1-7,10,14H,8-9,11-12H2,(H,22,25). The predicted octanol–water partition coefficient (Wildman–Crippen LogP) is 3.30. The summed E-state index contributed by atoms with van der Waals surface area (Å²) >= 11 is 3.44. The second-order valence-corrected chi connectivity index (χ2v) is 6.88. The van der Waals surface area contributed by atoms with Gasteiger partial charge >= 0.3 is 0 Å². The number of halogens is 2. The predicted molar refractivity (Wildman–Crippen MR) is 97.7 cm³/mol. The van der Waals surface area contributed by atoms with E-state index < -0.39 is 0 Å². The Kier molecular flexibility index (Phi) is 5.48. The Balaban J connectivity index is 1.55. The van der Waals surface area contributed by atoms with Gasteiger partial charge in [-0.1, -0.05) is 24.3 Å². The van der Waals surface area contributed by atoms with Gasteiger partial charge in [0.1, 0.15) is 5.82 Å². The van der Waals surface area contributed by atoms with E-state index in [0.29, 0.717) is 19.5 Å². The van der Waals surface area contributed by atoms with Crippen LogP contribution in [0.15, 0.2) is 53.0 Å². The van der Waals surface area contributed by atoms with Crippen molar-refractivity contribution < 1.29 is 14.0 Å². The van der Waals surface area contributed by atoms with Crippen LogP contribution in [0.5, 0.6) is 0 Å². The molecule has 4 nitrogen and oxygen atoms in total. The molecule has 2 aromatic rings. The van der Waals surface area contributed by atoms with Crippen molar-refractivity contribution >= 4 is 33.4 Å². The number of nitrogens with zero attached hydrogens (tertiary/aromatic N) is 1. The molecule has 0 saturated carbocycles. The normalized spacial score (nSPS) is 17.0. The van der Waals surface area contributed by atoms with Crippen molar-refractivity contribution in [2.75, 3.05) is 18.0 Å². The molecule has 1 atom stereocenters. The van der Waals surface area contributed by atoms with E-state index in [0.717, 1.165) is 15.7 Å². The van der Waals surface area contributed by atoms with Crippen LogP contribution >= 0.6 is 15.9 Å². The summed E-state index contributed by atoms with van der Waals surface area (Å²) < 4.78 is 14.0. The number of nitrogens with one attached hydrogen (secondary N) is 1. The molecule has 2 amide bonds. The number of hydrogen-bond donors (Lipinski definition) is 1. The quantitative estimate of drug-likeness (QED) is 0.830. The first-order valence-corrected chi connectivity index (χ1v) is 8.91. The molecule has 0 radical (unpaired) electrons. The second kappa shape index (κ2) is 7.78. The molecule has 25 heavy (non-hydrogen) atoms. The van der Waals surface area contributed by atoms with Gasteiger partial charge in [-0.05, 0) is 52.2 Å². The monoisotopic (exact) mass is 404 g/mol. The van der Waals surface area contributed by atoms with Crippen molar-refractivity contribution in [2.24, 2.45) is 5.92 Å². The summed E-state index contributed by atoms with van der Waals surface area (Å²) in [5.41, 5.74) is 1.61. The van der Waals surface area contributed by atoms with Crippen LogP contribution in [0.4, 0.5) is 10.1 Å². The maximum Gasteiger partial charge on any atom is 0.227 e. The molecule has 1 aliphatic rings. The minimum atomic E-state index is -0.368. The van der Waals surface area contributed by atoms with Gasteiger partial charge in [0.15, 0.2) is 0 Å². The van der Waals surface area contributed by atoms with Gasteiger partial charge in [-0.3, -0.25) is 9.59 Å². The average Bonchev–Trinajstić information content (AvgIpc) is 2.97. The number of benzene rings is 2.